The second kappa shape index (κ2) is 8.41. The van der Waals surface area contributed by atoms with Crippen LogP contribution in [0.3, 0.4) is 0 Å². The summed E-state index contributed by atoms with van der Waals surface area (Å²) >= 11 is 0. The molecule has 144 valence electrons. The van der Waals surface area contributed by atoms with Crippen LogP contribution >= 0.6 is 0 Å². The lowest BCUT2D eigenvalue weighted by Crippen LogP contribution is -2.26. The van der Waals surface area contributed by atoms with Gasteiger partial charge in [0.25, 0.3) is 0 Å². The van der Waals surface area contributed by atoms with E-state index in [-0.39, 0.29) is 35.5 Å². The number of carbonyl (C=O) groups is 1. The van der Waals surface area contributed by atoms with Crippen molar-refractivity contribution in [3.05, 3.63) is 54.1 Å². The summed E-state index contributed by atoms with van der Waals surface area (Å²) in [6, 6.07) is 13.3. The number of para-hydroxylation sites is 1. The number of hydrogen-bond donors (Lipinski definition) is 1. The minimum atomic E-state index is -3.76. The van der Waals surface area contributed by atoms with E-state index in [9.17, 15) is 13.2 Å². The second-order valence-corrected chi connectivity index (χ2v) is 7.74. The fourth-order valence-corrected chi connectivity index (χ4v) is 3.89. The minimum Gasteiger partial charge on any atom is -0.495 e. The zero-order valence-corrected chi connectivity index (χ0v) is 15.7. The van der Waals surface area contributed by atoms with Crippen LogP contribution in [0.4, 0.5) is 0 Å². The number of benzene rings is 2. The first-order valence-corrected chi connectivity index (χ1v) is 10.0. The second-order valence-electron chi connectivity index (χ2n) is 6.06. The molecule has 0 amide bonds. The molecule has 0 spiro atoms. The van der Waals surface area contributed by atoms with Gasteiger partial charge in [0.2, 0.25) is 10.0 Å². The largest absolute Gasteiger partial charge is 0.495 e. The van der Waals surface area contributed by atoms with Gasteiger partial charge in [-0.1, -0.05) is 18.2 Å². The van der Waals surface area contributed by atoms with Crippen LogP contribution in [0.5, 0.6) is 11.5 Å². The quantitative estimate of drug-likeness (QED) is 0.521. The van der Waals surface area contributed by atoms with Crippen LogP contribution in [0.2, 0.25) is 0 Å². The highest BCUT2D eigenvalue weighted by atomic mass is 32.2. The topological polar surface area (TPSA) is 90.9 Å². The van der Waals surface area contributed by atoms with Crippen LogP contribution in [-0.2, 0) is 14.8 Å². The van der Waals surface area contributed by atoms with Crippen LogP contribution in [0.25, 0.3) is 0 Å². The molecule has 0 aliphatic heterocycles. The fraction of sp³-hybridized carbons (Fsp3) is 0.316. The van der Waals surface area contributed by atoms with Gasteiger partial charge in [-0.25, -0.2) is 17.9 Å². The highest BCUT2D eigenvalue weighted by Crippen LogP contribution is 2.28. The zero-order valence-electron chi connectivity index (χ0n) is 14.9. The van der Waals surface area contributed by atoms with Crippen molar-refractivity contribution in [1.29, 1.82) is 0 Å². The molecule has 0 atom stereocenters. The summed E-state index contributed by atoms with van der Waals surface area (Å²) in [7, 11) is -2.39. The molecule has 2 aromatic rings. The van der Waals surface area contributed by atoms with Crippen molar-refractivity contribution in [2.45, 2.75) is 23.8 Å². The minimum absolute atomic E-state index is 0.0438. The molecule has 0 bridgehead atoms. The molecule has 1 saturated carbocycles. The Kier molecular flexibility index (Phi) is 5.98. The van der Waals surface area contributed by atoms with E-state index in [2.05, 4.69) is 4.72 Å². The van der Waals surface area contributed by atoms with Gasteiger partial charge in [-0.05, 0) is 43.2 Å². The number of esters is 1. The molecule has 7 nitrogen and oxygen atoms in total. The summed E-state index contributed by atoms with van der Waals surface area (Å²) in [6.45, 7) is 0.239. The van der Waals surface area contributed by atoms with Crippen molar-refractivity contribution in [1.82, 2.24) is 4.72 Å². The first-order chi connectivity index (χ1) is 13.0. The normalized spacial score (nSPS) is 13.8. The number of carbonyl (C=O) groups excluding carboxylic acids is 1. The summed E-state index contributed by atoms with van der Waals surface area (Å²) in [4.78, 5) is 12.2. The fourth-order valence-electron chi connectivity index (χ4n) is 2.39. The van der Waals surface area contributed by atoms with Gasteiger partial charge in [-0.3, -0.25) is 0 Å². The number of ether oxygens (including phenoxy) is 3. The molecule has 0 radical (unpaired) electrons. The Hall–Kier alpha value is -2.58. The summed E-state index contributed by atoms with van der Waals surface area (Å²) in [5, 5.41) is 0. The molecule has 0 unspecified atom stereocenters. The van der Waals surface area contributed by atoms with Gasteiger partial charge in [0, 0.05) is 6.04 Å². The van der Waals surface area contributed by atoms with Gasteiger partial charge in [0.1, 0.15) is 29.6 Å². The summed E-state index contributed by atoms with van der Waals surface area (Å²) in [5.41, 5.74) is 0.131. The number of methoxy groups -OCH3 is 1. The molecule has 0 aromatic heterocycles. The maximum absolute atomic E-state index is 12.5. The predicted octanol–water partition coefficient (Wildman–Crippen LogP) is 2.37. The van der Waals surface area contributed by atoms with E-state index in [1.807, 2.05) is 18.2 Å². The van der Waals surface area contributed by atoms with Gasteiger partial charge in [0.05, 0.1) is 12.7 Å². The molecule has 1 fully saturated rings. The van der Waals surface area contributed by atoms with Gasteiger partial charge < -0.3 is 14.2 Å². The monoisotopic (exact) mass is 391 g/mol. The molecule has 1 N–H and O–H groups in total. The maximum Gasteiger partial charge on any atom is 0.338 e. The molecule has 8 heteroatoms. The Morgan fingerprint density at radius 2 is 1.85 bits per heavy atom. The van der Waals surface area contributed by atoms with Gasteiger partial charge in [-0.2, -0.15) is 0 Å². The maximum atomic E-state index is 12.5. The van der Waals surface area contributed by atoms with Crippen molar-refractivity contribution in [3.63, 3.8) is 0 Å². The molecule has 0 saturated heterocycles. The molecule has 2 aromatic carbocycles. The molecule has 27 heavy (non-hydrogen) atoms. The SMILES string of the molecule is COc1ccc(C(=O)OCCOc2ccccc2)cc1S(=O)(=O)NC1CC1. The highest BCUT2D eigenvalue weighted by molar-refractivity contribution is 7.89. The van der Waals surface area contributed by atoms with E-state index >= 15 is 0 Å². The highest BCUT2D eigenvalue weighted by Gasteiger charge is 2.30. The average Bonchev–Trinajstić information content (AvgIpc) is 3.48. The number of hydrogen-bond acceptors (Lipinski definition) is 6. The summed E-state index contributed by atoms with van der Waals surface area (Å²) in [6.07, 6.45) is 1.62. The van der Waals surface area contributed by atoms with E-state index < -0.39 is 16.0 Å². The van der Waals surface area contributed by atoms with Crippen LogP contribution in [0, 0.1) is 0 Å². The Morgan fingerprint density at radius 3 is 2.52 bits per heavy atom. The summed E-state index contributed by atoms with van der Waals surface area (Å²) in [5.74, 6) is 0.224. The number of nitrogens with one attached hydrogen (secondary N) is 1. The van der Waals surface area contributed by atoms with Crippen LogP contribution < -0.4 is 14.2 Å². The van der Waals surface area contributed by atoms with E-state index in [1.54, 1.807) is 12.1 Å². The summed E-state index contributed by atoms with van der Waals surface area (Å²) < 4.78 is 43.3. The first kappa shape index (κ1) is 19.2. The lowest BCUT2D eigenvalue weighted by molar-refractivity contribution is 0.0450. The molecule has 3 rings (SSSR count). The Labute approximate surface area is 158 Å². The lowest BCUT2D eigenvalue weighted by atomic mass is 10.2. The molecule has 0 heterocycles. The zero-order chi connectivity index (χ0) is 19.3. The Balaban J connectivity index is 1.63. The van der Waals surface area contributed by atoms with Crippen LogP contribution in [0.1, 0.15) is 23.2 Å². The Morgan fingerprint density at radius 1 is 1.11 bits per heavy atom. The van der Waals surface area contributed by atoms with Gasteiger partial charge in [-0.15, -0.1) is 0 Å². The lowest BCUT2D eigenvalue weighted by Gasteiger charge is -2.12. The van der Waals surface area contributed by atoms with E-state index in [0.29, 0.717) is 5.75 Å². The average molecular weight is 391 g/mol. The van der Waals surface area contributed by atoms with Crippen LogP contribution in [0.15, 0.2) is 53.4 Å². The molecular weight excluding hydrogens is 370 g/mol. The first-order valence-electron chi connectivity index (χ1n) is 8.55. The van der Waals surface area contributed by atoms with Gasteiger partial charge in [0.15, 0.2) is 0 Å². The number of sulfonamides is 1. The van der Waals surface area contributed by atoms with Crippen molar-refractivity contribution >= 4 is 16.0 Å². The van der Waals surface area contributed by atoms with E-state index in [4.69, 9.17) is 14.2 Å². The number of rotatable bonds is 9. The third kappa shape index (κ3) is 5.21. The molecule has 1 aliphatic rings. The molecular formula is C19H21NO6S. The van der Waals surface area contributed by atoms with Crippen molar-refractivity contribution < 1.29 is 27.4 Å². The van der Waals surface area contributed by atoms with Crippen molar-refractivity contribution in [3.8, 4) is 11.5 Å². The Bertz CT molecular complexity index is 894. The predicted molar refractivity (Wildman–Crippen MR) is 98.6 cm³/mol. The van der Waals surface area contributed by atoms with Crippen molar-refractivity contribution in [2.75, 3.05) is 20.3 Å². The third-order valence-electron chi connectivity index (χ3n) is 3.92. The standard InChI is InChI=1S/C19H21NO6S/c1-24-17-10-7-14(13-18(17)27(22,23)20-15-8-9-15)19(21)26-12-11-25-16-5-3-2-4-6-16/h2-7,10,13,15,20H,8-9,11-12H2,1H3. The van der Waals surface area contributed by atoms with Crippen LogP contribution in [-0.4, -0.2) is 40.8 Å². The van der Waals surface area contributed by atoms with E-state index in [1.165, 1.54) is 25.3 Å². The van der Waals surface area contributed by atoms with Crippen molar-refractivity contribution in [2.24, 2.45) is 0 Å². The van der Waals surface area contributed by atoms with Gasteiger partial charge >= 0.3 is 5.97 Å². The molecule has 1 aliphatic carbocycles. The third-order valence-corrected chi connectivity index (χ3v) is 5.46. The smallest absolute Gasteiger partial charge is 0.338 e. The van der Waals surface area contributed by atoms with E-state index in [0.717, 1.165) is 12.8 Å².